The van der Waals surface area contributed by atoms with Gasteiger partial charge in [-0.3, -0.25) is 4.79 Å². The van der Waals surface area contributed by atoms with Gasteiger partial charge in [0.1, 0.15) is 11.9 Å². The van der Waals surface area contributed by atoms with Crippen LogP contribution in [0.3, 0.4) is 0 Å². The van der Waals surface area contributed by atoms with Gasteiger partial charge < -0.3 is 14.2 Å². The number of allylic oxidation sites excluding steroid dienone is 2. The van der Waals surface area contributed by atoms with E-state index in [1.54, 1.807) is 13.0 Å². The Kier molecular flexibility index (Phi) is 5.31. The molecule has 0 N–H and O–H groups in total. The summed E-state index contributed by atoms with van der Waals surface area (Å²) in [6.45, 7) is 6.04. The highest BCUT2D eigenvalue weighted by Crippen LogP contribution is 2.37. The molecule has 4 heteroatoms. The van der Waals surface area contributed by atoms with Gasteiger partial charge in [-0.25, -0.2) is 0 Å². The Morgan fingerprint density at radius 3 is 3.09 bits per heavy atom. The second kappa shape index (κ2) is 7.20. The Labute approximate surface area is 131 Å². The Balaban J connectivity index is 1.88. The van der Waals surface area contributed by atoms with E-state index in [1.807, 2.05) is 26.0 Å². The van der Waals surface area contributed by atoms with E-state index in [0.717, 1.165) is 0 Å². The zero-order valence-corrected chi connectivity index (χ0v) is 13.1. The highest BCUT2D eigenvalue weighted by molar-refractivity contribution is 5.69. The minimum atomic E-state index is -0.827. The number of carbonyl (C=O) groups is 1. The molecule has 0 unspecified atom stereocenters. The zero-order chi connectivity index (χ0) is 16.0. The summed E-state index contributed by atoms with van der Waals surface area (Å²) in [5, 5.41) is 0. The van der Waals surface area contributed by atoms with Crippen molar-refractivity contribution in [3.63, 3.8) is 0 Å². The maximum atomic E-state index is 11.7. The molecule has 2 aliphatic heterocycles. The number of esters is 1. The van der Waals surface area contributed by atoms with Crippen molar-refractivity contribution in [2.24, 2.45) is 5.92 Å². The summed E-state index contributed by atoms with van der Waals surface area (Å²) in [7, 11) is 0. The van der Waals surface area contributed by atoms with Crippen molar-refractivity contribution in [2.75, 3.05) is 6.61 Å². The van der Waals surface area contributed by atoms with E-state index < -0.39 is 5.79 Å². The normalized spacial score (nSPS) is 27.3. The maximum absolute atomic E-state index is 11.7. The van der Waals surface area contributed by atoms with Crippen molar-refractivity contribution in [1.29, 1.82) is 0 Å². The lowest BCUT2D eigenvalue weighted by Gasteiger charge is -2.20. The molecule has 0 radical (unpaired) electrons. The van der Waals surface area contributed by atoms with Gasteiger partial charge in [0.15, 0.2) is 0 Å². The first kappa shape index (κ1) is 16.2. The third-order valence-electron chi connectivity index (χ3n) is 3.17. The Morgan fingerprint density at radius 1 is 1.55 bits per heavy atom. The summed E-state index contributed by atoms with van der Waals surface area (Å²) in [5.41, 5.74) is 0. The van der Waals surface area contributed by atoms with Crippen LogP contribution in [0.15, 0.2) is 24.0 Å². The largest absolute Gasteiger partial charge is 0.460 e. The van der Waals surface area contributed by atoms with Gasteiger partial charge in [0.25, 0.3) is 0 Å². The molecule has 0 bridgehead atoms. The highest BCUT2D eigenvalue weighted by atomic mass is 16.7. The Morgan fingerprint density at radius 2 is 2.36 bits per heavy atom. The SMILES string of the molecule is CC#CC#C/C=C1\C=C[C@]2(C[C@@H](OC(=O)CC(C)C)CO2)O1. The van der Waals surface area contributed by atoms with Gasteiger partial charge in [0, 0.05) is 12.5 Å². The number of rotatable bonds is 3. The minimum absolute atomic E-state index is 0.192. The molecule has 1 fully saturated rings. The van der Waals surface area contributed by atoms with E-state index in [2.05, 4.69) is 23.7 Å². The van der Waals surface area contributed by atoms with Gasteiger partial charge in [-0.1, -0.05) is 25.7 Å². The third kappa shape index (κ3) is 4.41. The lowest BCUT2D eigenvalue weighted by atomic mass is 10.1. The fraction of sp³-hybridized carbons (Fsp3) is 0.500. The van der Waals surface area contributed by atoms with Crippen LogP contribution in [0.2, 0.25) is 0 Å². The van der Waals surface area contributed by atoms with Crippen LogP contribution in [-0.4, -0.2) is 24.5 Å². The Hall–Kier alpha value is -2.17. The summed E-state index contributed by atoms with van der Waals surface area (Å²) in [6.07, 6.45) is 5.94. The van der Waals surface area contributed by atoms with E-state index in [-0.39, 0.29) is 18.0 Å². The monoisotopic (exact) mass is 300 g/mol. The number of ether oxygens (including phenoxy) is 3. The fourth-order valence-electron chi connectivity index (χ4n) is 2.26. The van der Waals surface area contributed by atoms with Crippen LogP contribution < -0.4 is 0 Å². The molecule has 2 rings (SSSR count). The third-order valence-corrected chi connectivity index (χ3v) is 3.17. The molecular formula is C18H20O4. The smallest absolute Gasteiger partial charge is 0.306 e. The molecule has 0 saturated carbocycles. The van der Waals surface area contributed by atoms with Crippen molar-refractivity contribution >= 4 is 5.97 Å². The first-order valence-electron chi connectivity index (χ1n) is 7.37. The quantitative estimate of drug-likeness (QED) is 0.593. The van der Waals surface area contributed by atoms with Crippen molar-refractivity contribution in [1.82, 2.24) is 0 Å². The molecule has 2 heterocycles. The molecule has 1 saturated heterocycles. The topological polar surface area (TPSA) is 44.8 Å². The van der Waals surface area contributed by atoms with Crippen LogP contribution in [0.25, 0.3) is 0 Å². The predicted octanol–water partition coefficient (Wildman–Crippen LogP) is 2.56. The minimum Gasteiger partial charge on any atom is -0.460 e. The summed E-state index contributed by atoms with van der Waals surface area (Å²) in [5.74, 6) is 10.7. The highest BCUT2D eigenvalue weighted by Gasteiger charge is 2.45. The molecular weight excluding hydrogens is 280 g/mol. The summed E-state index contributed by atoms with van der Waals surface area (Å²) < 4.78 is 16.9. The van der Waals surface area contributed by atoms with Crippen molar-refractivity contribution < 1.29 is 19.0 Å². The van der Waals surface area contributed by atoms with E-state index in [0.29, 0.717) is 25.2 Å². The van der Waals surface area contributed by atoms with Gasteiger partial charge in [-0.05, 0) is 36.8 Å². The average Bonchev–Trinajstić information content (AvgIpc) is 3.02. The van der Waals surface area contributed by atoms with Crippen molar-refractivity contribution in [3.8, 4) is 23.7 Å². The fourth-order valence-corrected chi connectivity index (χ4v) is 2.26. The van der Waals surface area contributed by atoms with Gasteiger partial charge in [-0.15, -0.1) is 0 Å². The molecule has 1 spiro atoms. The van der Waals surface area contributed by atoms with Crippen molar-refractivity contribution in [2.45, 2.75) is 45.5 Å². The lowest BCUT2D eigenvalue weighted by molar-refractivity contribution is -0.149. The number of hydrogen-bond acceptors (Lipinski definition) is 4. The summed E-state index contributed by atoms with van der Waals surface area (Å²) in [4.78, 5) is 11.7. The second-order valence-corrected chi connectivity index (χ2v) is 5.66. The second-order valence-electron chi connectivity index (χ2n) is 5.66. The van der Waals surface area contributed by atoms with Crippen LogP contribution in [0.4, 0.5) is 0 Å². The maximum Gasteiger partial charge on any atom is 0.306 e. The van der Waals surface area contributed by atoms with Crippen LogP contribution in [-0.2, 0) is 19.0 Å². The molecule has 0 aromatic rings. The molecule has 2 atom stereocenters. The molecule has 0 aromatic carbocycles. The van der Waals surface area contributed by atoms with E-state index in [4.69, 9.17) is 14.2 Å². The molecule has 2 aliphatic rings. The van der Waals surface area contributed by atoms with Crippen LogP contribution >= 0.6 is 0 Å². The van der Waals surface area contributed by atoms with E-state index in [9.17, 15) is 4.79 Å². The molecule has 0 amide bonds. The molecule has 22 heavy (non-hydrogen) atoms. The van der Waals surface area contributed by atoms with E-state index >= 15 is 0 Å². The first-order chi connectivity index (χ1) is 10.5. The van der Waals surface area contributed by atoms with Crippen LogP contribution in [0.1, 0.15) is 33.6 Å². The first-order valence-corrected chi connectivity index (χ1v) is 7.37. The zero-order valence-electron chi connectivity index (χ0n) is 13.1. The number of hydrogen-bond donors (Lipinski definition) is 0. The Bertz CT molecular complexity index is 606. The number of carbonyl (C=O) groups excluding carboxylic acids is 1. The van der Waals surface area contributed by atoms with Crippen LogP contribution in [0, 0.1) is 29.6 Å². The van der Waals surface area contributed by atoms with Gasteiger partial charge in [-0.2, -0.15) is 0 Å². The summed E-state index contributed by atoms with van der Waals surface area (Å²) in [6, 6.07) is 0. The van der Waals surface area contributed by atoms with Gasteiger partial charge in [0.2, 0.25) is 5.79 Å². The summed E-state index contributed by atoms with van der Waals surface area (Å²) >= 11 is 0. The standard InChI is InChI=1S/C18H20O4/c1-4-5-6-7-8-15-9-10-18(22-15)12-16(13-20-18)21-17(19)11-14(2)3/h8-10,14,16H,11-13H2,1-3H3/b15-8+/t16-,18-/m1/s1. The molecule has 116 valence electrons. The van der Waals surface area contributed by atoms with Gasteiger partial charge in [0.05, 0.1) is 13.0 Å². The van der Waals surface area contributed by atoms with E-state index in [1.165, 1.54) is 0 Å². The molecule has 0 aliphatic carbocycles. The predicted molar refractivity (Wildman–Crippen MR) is 82.2 cm³/mol. The van der Waals surface area contributed by atoms with Crippen LogP contribution in [0.5, 0.6) is 0 Å². The molecule has 4 nitrogen and oxygen atoms in total. The van der Waals surface area contributed by atoms with Crippen molar-refractivity contribution in [3.05, 3.63) is 24.0 Å². The lowest BCUT2D eigenvalue weighted by Crippen LogP contribution is -2.26. The van der Waals surface area contributed by atoms with Gasteiger partial charge >= 0.3 is 5.97 Å². The molecule has 0 aromatic heterocycles. The average molecular weight is 300 g/mol.